The number of phosphoric acid groups is 1. The number of nitrogens with one attached hydrogen (secondary N) is 1. The minimum Gasteiger partial charge on any atom is -0.448 e. The molecule has 3 N–H and O–H groups in total. The van der Waals surface area contributed by atoms with E-state index in [0.717, 1.165) is 12.1 Å². The Kier molecular flexibility index (Phi) is 9.92. The van der Waals surface area contributed by atoms with Crippen molar-refractivity contribution in [3.63, 3.8) is 0 Å². The topological polar surface area (TPSA) is 205 Å². The van der Waals surface area contributed by atoms with Crippen molar-refractivity contribution in [2.45, 2.75) is 70.6 Å². The summed E-state index contributed by atoms with van der Waals surface area (Å²) in [6.45, 7) is 3.33. The molecule has 3 aliphatic heterocycles. The highest BCUT2D eigenvalue weighted by atomic mass is 31.2. The van der Waals surface area contributed by atoms with Crippen LogP contribution in [0.3, 0.4) is 0 Å². The quantitative estimate of drug-likeness (QED) is 0.142. The number of phosphoric ester groups is 1. The van der Waals surface area contributed by atoms with Gasteiger partial charge in [0.25, 0.3) is 11.8 Å². The van der Waals surface area contributed by atoms with Crippen molar-refractivity contribution in [2.75, 3.05) is 19.8 Å². The average Bonchev–Trinajstić information content (AvgIpc) is 3.33. The summed E-state index contributed by atoms with van der Waals surface area (Å²) in [4.78, 5) is 78.6. The molecule has 1 aromatic carbocycles. The molecule has 0 saturated carbocycles. The van der Waals surface area contributed by atoms with E-state index < -0.39 is 91.9 Å². The number of benzene rings is 1. The number of hydrogen-bond donors (Lipinski definition) is 3. The monoisotopic (exact) mass is 698 g/mol. The van der Waals surface area contributed by atoms with Crippen molar-refractivity contribution in [3.05, 3.63) is 63.1 Å². The van der Waals surface area contributed by atoms with Crippen molar-refractivity contribution in [2.24, 2.45) is 5.16 Å². The Balaban J connectivity index is 1.50. The fraction of sp³-hybridized carbons (Fsp3) is 0.483. The van der Waals surface area contributed by atoms with Gasteiger partial charge >= 0.3 is 14.0 Å². The first-order chi connectivity index (χ1) is 22.6. The van der Waals surface area contributed by atoms with Gasteiger partial charge in [0.05, 0.1) is 18.4 Å². The zero-order valence-corrected chi connectivity index (χ0v) is 26.9. The lowest BCUT2D eigenvalue weighted by molar-refractivity contribution is -0.0678. The second-order valence-corrected chi connectivity index (χ2v) is 12.9. The molecule has 260 valence electrons. The van der Waals surface area contributed by atoms with Gasteiger partial charge in [-0.15, -0.1) is 0 Å². The Bertz CT molecular complexity index is 1760. The Morgan fingerprint density at radius 3 is 2.67 bits per heavy atom. The summed E-state index contributed by atoms with van der Waals surface area (Å²) in [5.41, 5.74) is -2.08. The van der Waals surface area contributed by atoms with Crippen LogP contribution >= 0.6 is 7.82 Å². The molecular weight excluding hydrogens is 665 g/mol. The highest BCUT2D eigenvalue weighted by molar-refractivity contribution is 7.46. The number of nitrogens with zero attached hydrogens (tertiary/aromatic N) is 3. The molecular formula is C29H33F2N4O12P. The van der Waals surface area contributed by atoms with E-state index in [1.807, 2.05) is 6.92 Å². The zero-order chi connectivity index (χ0) is 35.0. The molecule has 5 rings (SSSR count). The molecule has 48 heavy (non-hydrogen) atoms. The molecule has 2 bridgehead atoms. The van der Waals surface area contributed by atoms with Gasteiger partial charge in [0.15, 0.2) is 11.3 Å². The van der Waals surface area contributed by atoms with Crippen LogP contribution in [0.2, 0.25) is 0 Å². The summed E-state index contributed by atoms with van der Waals surface area (Å²) in [7, 11) is -4.80. The Morgan fingerprint density at radius 1 is 1.25 bits per heavy atom. The number of amides is 2. The molecule has 1 aromatic heterocycles. The summed E-state index contributed by atoms with van der Waals surface area (Å²) in [6.07, 6.45) is -0.325. The van der Waals surface area contributed by atoms with Gasteiger partial charge in [-0.1, -0.05) is 11.2 Å². The molecule has 0 radical (unpaired) electrons. The first kappa shape index (κ1) is 34.9. The zero-order valence-electron chi connectivity index (χ0n) is 26.0. The number of oxime groups is 1. The van der Waals surface area contributed by atoms with E-state index in [0.29, 0.717) is 31.0 Å². The number of halogens is 2. The van der Waals surface area contributed by atoms with Crippen LogP contribution in [0.1, 0.15) is 72.5 Å². The van der Waals surface area contributed by atoms with Crippen LogP contribution in [0.25, 0.3) is 0 Å². The smallest absolute Gasteiger partial charge is 0.448 e. The van der Waals surface area contributed by atoms with Crippen LogP contribution in [-0.4, -0.2) is 80.6 Å². The standard InChI is InChI=1S/C29H33F2N4O12P/c1-15-11-29(47-33-15)7-6-16(2)34-14-22(29)35-13-20(26(37)32-12-18-4-5-19(30)10-21(18)31)24(36)25(23(35)27(34)38)45-17(3)46-28(39)43-8-9-44-48(40,41)42/h4-5,10,13,16-17,22H,6-9,11-12,14H2,1-3H3,(H,32,37)(H2,40,41,42)/t16-,17?,22+,29-/m0/s1. The van der Waals surface area contributed by atoms with Crippen molar-refractivity contribution < 1.29 is 61.1 Å². The molecule has 2 aromatic rings. The van der Waals surface area contributed by atoms with E-state index in [1.165, 1.54) is 17.7 Å². The SMILES string of the molecule is CC1=NO[C@@]2(CC[C@H](C)N3C[C@H]2n2cc(C(=O)NCc4ccc(F)cc4F)c(=O)c(OC(C)OC(=O)OCCOP(=O)(O)O)c2C3=O)C1. The maximum atomic E-state index is 14.3. The van der Waals surface area contributed by atoms with Gasteiger partial charge in [-0.05, 0) is 32.8 Å². The molecule has 2 amide bonds. The third-order valence-electron chi connectivity index (χ3n) is 8.23. The molecule has 1 spiro atoms. The van der Waals surface area contributed by atoms with E-state index in [-0.39, 0.29) is 23.8 Å². The molecule has 1 fully saturated rings. The lowest BCUT2D eigenvalue weighted by Crippen LogP contribution is -2.52. The number of rotatable bonds is 10. The summed E-state index contributed by atoms with van der Waals surface area (Å²) in [6, 6.07) is 1.85. The van der Waals surface area contributed by atoms with Gasteiger partial charge in [0, 0.05) is 50.3 Å². The van der Waals surface area contributed by atoms with Crippen LogP contribution in [0.15, 0.2) is 34.3 Å². The van der Waals surface area contributed by atoms with Crippen LogP contribution < -0.4 is 15.5 Å². The number of hydrogen-bond acceptors (Lipinski definition) is 11. The number of aromatic nitrogens is 1. The predicted octanol–water partition coefficient (Wildman–Crippen LogP) is 2.76. The highest BCUT2D eigenvalue weighted by Crippen LogP contribution is 2.46. The van der Waals surface area contributed by atoms with Crippen LogP contribution in [-0.2, 0) is 29.9 Å². The van der Waals surface area contributed by atoms with Crippen LogP contribution in [0.5, 0.6) is 5.75 Å². The summed E-state index contributed by atoms with van der Waals surface area (Å²) in [5, 5.41) is 6.60. The lowest BCUT2D eigenvalue weighted by atomic mass is 9.84. The molecule has 4 atom stereocenters. The minimum atomic E-state index is -4.80. The molecule has 1 unspecified atom stereocenters. The van der Waals surface area contributed by atoms with E-state index in [1.54, 1.807) is 11.8 Å². The van der Waals surface area contributed by atoms with Gasteiger partial charge in [-0.2, -0.15) is 0 Å². The van der Waals surface area contributed by atoms with Gasteiger partial charge in [0.2, 0.25) is 17.5 Å². The molecule has 3 aliphatic rings. The van der Waals surface area contributed by atoms with Crippen LogP contribution in [0.4, 0.5) is 13.6 Å². The normalized spacial score (nSPS) is 22.3. The highest BCUT2D eigenvalue weighted by Gasteiger charge is 2.54. The van der Waals surface area contributed by atoms with E-state index in [9.17, 15) is 32.5 Å². The fourth-order valence-corrected chi connectivity index (χ4v) is 6.27. The molecule has 4 heterocycles. The van der Waals surface area contributed by atoms with E-state index in [4.69, 9.17) is 28.8 Å². The maximum absolute atomic E-state index is 14.3. The number of ether oxygens (including phenoxy) is 3. The van der Waals surface area contributed by atoms with Gasteiger partial charge in [-0.25, -0.2) is 18.1 Å². The third kappa shape index (κ3) is 7.36. The van der Waals surface area contributed by atoms with Crippen molar-refractivity contribution in [3.8, 4) is 5.75 Å². The van der Waals surface area contributed by atoms with Crippen molar-refractivity contribution >= 4 is 31.5 Å². The number of fused-ring (bicyclic) bond motifs is 5. The molecule has 0 aliphatic carbocycles. The Hall–Kier alpha value is -4.38. The van der Waals surface area contributed by atoms with Gasteiger partial charge in [0.1, 0.15) is 23.8 Å². The second kappa shape index (κ2) is 13.6. The van der Waals surface area contributed by atoms with Gasteiger partial charge < -0.3 is 43.6 Å². The Morgan fingerprint density at radius 2 is 2.00 bits per heavy atom. The number of pyridine rings is 1. The van der Waals surface area contributed by atoms with E-state index >= 15 is 0 Å². The van der Waals surface area contributed by atoms with Crippen molar-refractivity contribution in [1.29, 1.82) is 0 Å². The largest absolute Gasteiger partial charge is 0.511 e. The maximum Gasteiger partial charge on any atom is 0.511 e. The minimum absolute atomic E-state index is 0.0551. The predicted molar refractivity (Wildman–Crippen MR) is 159 cm³/mol. The molecule has 16 nitrogen and oxygen atoms in total. The number of carbonyl (C=O) groups excluding carboxylic acids is 3. The first-order valence-electron chi connectivity index (χ1n) is 14.8. The summed E-state index contributed by atoms with van der Waals surface area (Å²) < 4.78 is 59.6. The average molecular weight is 699 g/mol. The molecule has 19 heteroatoms. The Labute approximate surface area is 271 Å². The van der Waals surface area contributed by atoms with Gasteiger partial charge in [-0.3, -0.25) is 18.9 Å². The fourth-order valence-electron chi connectivity index (χ4n) is 5.96. The lowest BCUT2D eigenvalue weighted by Gasteiger charge is -2.42. The molecule has 1 saturated heterocycles. The second-order valence-electron chi connectivity index (χ2n) is 11.6. The van der Waals surface area contributed by atoms with Crippen LogP contribution in [0, 0.1) is 11.6 Å². The third-order valence-corrected chi connectivity index (χ3v) is 8.75. The summed E-state index contributed by atoms with van der Waals surface area (Å²) >= 11 is 0. The summed E-state index contributed by atoms with van der Waals surface area (Å²) in [5.74, 6) is -3.91. The number of carbonyl (C=O) groups is 3. The van der Waals surface area contributed by atoms with Crippen molar-refractivity contribution in [1.82, 2.24) is 14.8 Å². The first-order valence-corrected chi connectivity index (χ1v) is 16.4. The van der Waals surface area contributed by atoms with E-state index in [2.05, 4.69) is 15.0 Å².